The Morgan fingerprint density at radius 3 is 2.40 bits per heavy atom. The van der Waals surface area contributed by atoms with Crippen LogP contribution in [-0.2, 0) is 4.79 Å². The Hall–Kier alpha value is -2.35. The molecule has 0 saturated heterocycles. The van der Waals surface area contributed by atoms with Gasteiger partial charge in [-0.3, -0.25) is 9.59 Å². The summed E-state index contributed by atoms with van der Waals surface area (Å²) in [7, 11) is 0. The molecule has 0 unspecified atom stereocenters. The van der Waals surface area contributed by atoms with E-state index in [1.54, 1.807) is 18.2 Å². The SMILES string of the molecule is N#CCC(=O)Nc1ccc(C(N)=O)cc1. The molecule has 0 saturated carbocycles. The predicted octanol–water partition coefficient (Wildman–Crippen LogP) is 0.638. The summed E-state index contributed by atoms with van der Waals surface area (Å²) >= 11 is 0. The van der Waals surface area contributed by atoms with E-state index in [0.29, 0.717) is 11.3 Å². The van der Waals surface area contributed by atoms with Gasteiger partial charge in [-0.15, -0.1) is 0 Å². The number of nitriles is 1. The van der Waals surface area contributed by atoms with E-state index >= 15 is 0 Å². The molecule has 0 aromatic heterocycles. The van der Waals surface area contributed by atoms with Crippen LogP contribution in [-0.4, -0.2) is 11.8 Å². The van der Waals surface area contributed by atoms with E-state index in [9.17, 15) is 9.59 Å². The molecule has 1 rings (SSSR count). The highest BCUT2D eigenvalue weighted by Crippen LogP contribution is 2.09. The first-order chi connectivity index (χ1) is 7.13. The van der Waals surface area contributed by atoms with Gasteiger partial charge >= 0.3 is 0 Å². The van der Waals surface area contributed by atoms with Gasteiger partial charge in [-0.05, 0) is 24.3 Å². The molecule has 0 aliphatic heterocycles. The number of amides is 2. The summed E-state index contributed by atoms with van der Waals surface area (Å²) in [6, 6.07) is 7.84. The van der Waals surface area contributed by atoms with Gasteiger partial charge in [-0.1, -0.05) is 0 Å². The average molecular weight is 203 g/mol. The lowest BCUT2D eigenvalue weighted by molar-refractivity contribution is -0.115. The van der Waals surface area contributed by atoms with Crippen molar-refractivity contribution in [2.24, 2.45) is 5.73 Å². The van der Waals surface area contributed by atoms with Crippen molar-refractivity contribution in [3.63, 3.8) is 0 Å². The zero-order chi connectivity index (χ0) is 11.3. The largest absolute Gasteiger partial charge is 0.366 e. The van der Waals surface area contributed by atoms with Crippen molar-refractivity contribution in [2.45, 2.75) is 6.42 Å². The smallest absolute Gasteiger partial charge is 0.248 e. The Morgan fingerprint density at radius 1 is 1.33 bits per heavy atom. The standard InChI is InChI=1S/C10H9N3O2/c11-6-5-9(14)13-8-3-1-7(2-4-8)10(12)15/h1-4H,5H2,(H2,12,15)(H,13,14). The Bertz CT molecular complexity index is 417. The van der Waals surface area contributed by atoms with Gasteiger partial charge in [0.05, 0.1) is 6.07 Å². The average Bonchev–Trinajstić information content (AvgIpc) is 2.18. The lowest BCUT2D eigenvalue weighted by Crippen LogP contribution is -2.12. The van der Waals surface area contributed by atoms with E-state index in [0.717, 1.165) is 0 Å². The first kappa shape index (κ1) is 10.7. The number of benzene rings is 1. The zero-order valence-electron chi connectivity index (χ0n) is 7.86. The summed E-state index contributed by atoms with van der Waals surface area (Å²) in [4.78, 5) is 21.7. The molecule has 0 fully saturated rings. The summed E-state index contributed by atoms with van der Waals surface area (Å²) in [5.74, 6) is -0.908. The number of hydrogen-bond acceptors (Lipinski definition) is 3. The molecule has 0 aliphatic carbocycles. The van der Waals surface area contributed by atoms with Gasteiger partial charge < -0.3 is 11.1 Å². The first-order valence-electron chi connectivity index (χ1n) is 4.20. The maximum Gasteiger partial charge on any atom is 0.248 e. The lowest BCUT2D eigenvalue weighted by atomic mass is 10.2. The van der Waals surface area contributed by atoms with Gasteiger partial charge in [0.2, 0.25) is 11.8 Å². The molecule has 5 heteroatoms. The second-order valence-electron chi connectivity index (χ2n) is 2.82. The number of primary amides is 1. The second kappa shape index (κ2) is 4.77. The highest BCUT2D eigenvalue weighted by atomic mass is 16.1. The van der Waals surface area contributed by atoms with Crippen LogP contribution in [0.3, 0.4) is 0 Å². The van der Waals surface area contributed by atoms with Crippen molar-refractivity contribution in [1.82, 2.24) is 0 Å². The van der Waals surface area contributed by atoms with Crippen LogP contribution in [0.4, 0.5) is 5.69 Å². The number of rotatable bonds is 3. The normalized spacial score (nSPS) is 9.00. The fraction of sp³-hybridized carbons (Fsp3) is 0.100. The molecule has 1 aromatic rings. The van der Waals surface area contributed by atoms with E-state index in [1.807, 2.05) is 0 Å². The van der Waals surface area contributed by atoms with Gasteiger partial charge in [0.1, 0.15) is 6.42 Å². The molecule has 0 radical (unpaired) electrons. The van der Waals surface area contributed by atoms with Crippen LogP contribution in [0.25, 0.3) is 0 Å². The number of nitrogens with one attached hydrogen (secondary N) is 1. The van der Waals surface area contributed by atoms with Crippen LogP contribution in [0.5, 0.6) is 0 Å². The highest BCUT2D eigenvalue weighted by Gasteiger charge is 2.02. The van der Waals surface area contributed by atoms with Crippen molar-refractivity contribution < 1.29 is 9.59 Å². The van der Waals surface area contributed by atoms with Gasteiger partial charge in [0.15, 0.2) is 0 Å². The van der Waals surface area contributed by atoms with Crippen molar-refractivity contribution in [3.8, 4) is 6.07 Å². The Balaban J connectivity index is 2.69. The molecule has 0 spiro atoms. The number of nitrogens with zero attached hydrogens (tertiary/aromatic N) is 1. The van der Waals surface area contributed by atoms with Crippen LogP contribution >= 0.6 is 0 Å². The third-order valence-electron chi connectivity index (χ3n) is 1.69. The van der Waals surface area contributed by atoms with E-state index in [1.165, 1.54) is 12.1 Å². The fourth-order valence-electron chi connectivity index (χ4n) is 0.995. The maximum absolute atomic E-state index is 11.0. The highest BCUT2D eigenvalue weighted by molar-refractivity contribution is 5.95. The summed E-state index contributed by atoms with van der Waals surface area (Å²) < 4.78 is 0. The van der Waals surface area contributed by atoms with Gasteiger partial charge in [0, 0.05) is 11.3 Å². The molecule has 0 bridgehead atoms. The van der Waals surface area contributed by atoms with E-state index in [2.05, 4.69) is 5.32 Å². The van der Waals surface area contributed by atoms with Crippen LogP contribution in [0.2, 0.25) is 0 Å². The minimum atomic E-state index is -0.523. The molecule has 2 amide bonds. The van der Waals surface area contributed by atoms with E-state index in [-0.39, 0.29) is 12.3 Å². The molecule has 5 nitrogen and oxygen atoms in total. The summed E-state index contributed by atoms with van der Waals surface area (Å²) in [6.45, 7) is 0. The summed E-state index contributed by atoms with van der Waals surface area (Å²) in [6.07, 6.45) is -0.197. The zero-order valence-corrected chi connectivity index (χ0v) is 7.86. The van der Waals surface area contributed by atoms with E-state index in [4.69, 9.17) is 11.0 Å². The first-order valence-corrected chi connectivity index (χ1v) is 4.20. The number of hydrogen-bond donors (Lipinski definition) is 2. The van der Waals surface area contributed by atoms with Crippen LogP contribution in [0, 0.1) is 11.3 Å². The van der Waals surface area contributed by atoms with Crippen molar-refractivity contribution in [1.29, 1.82) is 5.26 Å². The third-order valence-corrected chi connectivity index (χ3v) is 1.69. The van der Waals surface area contributed by atoms with Crippen LogP contribution in [0.1, 0.15) is 16.8 Å². The Morgan fingerprint density at radius 2 is 1.93 bits per heavy atom. The van der Waals surface area contributed by atoms with Gasteiger partial charge in [-0.2, -0.15) is 5.26 Å². The Labute approximate surface area is 86.5 Å². The molecule has 3 N–H and O–H groups in total. The monoisotopic (exact) mass is 203 g/mol. The molecule has 76 valence electrons. The minimum absolute atomic E-state index is 0.197. The molecular formula is C10H9N3O2. The molecule has 0 aliphatic rings. The minimum Gasteiger partial charge on any atom is -0.366 e. The van der Waals surface area contributed by atoms with Gasteiger partial charge in [-0.25, -0.2) is 0 Å². The number of anilines is 1. The molecule has 0 atom stereocenters. The fourth-order valence-corrected chi connectivity index (χ4v) is 0.995. The molecule has 15 heavy (non-hydrogen) atoms. The van der Waals surface area contributed by atoms with Crippen molar-refractivity contribution >= 4 is 17.5 Å². The molecule has 0 heterocycles. The van der Waals surface area contributed by atoms with Crippen molar-refractivity contribution in [3.05, 3.63) is 29.8 Å². The third kappa shape index (κ3) is 3.12. The number of carbonyl (C=O) groups excluding carboxylic acids is 2. The van der Waals surface area contributed by atoms with Crippen LogP contribution < -0.4 is 11.1 Å². The quantitative estimate of drug-likeness (QED) is 0.754. The molecule has 1 aromatic carbocycles. The molecular weight excluding hydrogens is 194 g/mol. The number of carbonyl (C=O) groups is 2. The Kier molecular flexibility index (Phi) is 3.41. The predicted molar refractivity (Wildman–Crippen MR) is 53.8 cm³/mol. The summed E-state index contributed by atoms with van der Waals surface area (Å²) in [5.41, 5.74) is 5.94. The van der Waals surface area contributed by atoms with Crippen molar-refractivity contribution in [2.75, 3.05) is 5.32 Å². The van der Waals surface area contributed by atoms with Crippen LogP contribution in [0.15, 0.2) is 24.3 Å². The topological polar surface area (TPSA) is 96.0 Å². The lowest BCUT2D eigenvalue weighted by Gasteiger charge is -2.02. The second-order valence-corrected chi connectivity index (χ2v) is 2.82. The maximum atomic E-state index is 11.0. The summed E-state index contributed by atoms with van der Waals surface area (Å²) in [5, 5.41) is 10.8. The van der Waals surface area contributed by atoms with E-state index < -0.39 is 5.91 Å². The van der Waals surface area contributed by atoms with Gasteiger partial charge in [0.25, 0.3) is 0 Å². The number of nitrogens with two attached hydrogens (primary N) is 1.